The van der Waals surface area contributed by atoms with Crippen LogP contribution in [-0.2, 0) is 29.0 Å². The average molecular weight is 337 g/mol. The Hall–Kier alpha value is -2.24. The second kappa shape index (κ2) is 7.33. The Morgan fingerprint density at radius 1 is 1.32 bits per heavy atom. The summed E-state index contributed by atoms with van der Waals surface area (Å²) in [5.41, 5.74) is 4.76. The minimum Gasteiger partial charge on any atom is -0.368 e. The number of hydrogen-bond donors (Lipinski definition) is 1. The Bertz CT molecular complexity index is 742. The summed E-state index contributed by atoms with van der Waals surface area (Å²) in [5.74, 6) is -0.0273. The predicted octanol–water partition coefficient (Wildman–Crippen LogP) is 2.76. The van der Waals surface area contributed by atoms with Gasteiger partial charge in [-0.15, -0.1) is 0 Å². The van der Waals surface area contributed by atoms with Gasteiger partial charge in [0.05, 0.1) is 0 Å². The highest BCUT2D eigenvalue weighted by molar-refractivity contribution is 5.94. The smallest absolute Gasteiger partial charge is 0.253 e. The van der Waals surface area contributed by atoms with E-state index in [-0.39, 0.29) is 12.0 Å². The van der Waals surface area contributed by atoms with Crippen molar-refractivity contribution in [2.75, 3.05) is 18.5 Å². The minimum atomic E-state index is -0.293. The van der Waals surface area contributed by atoms with Crippen molar-refractivity contribution < 1.29 is 9.53 Å². The Kier molecular flexibility index (Phi) is 4.76. The van der Waals surface area contributed by atoms with E-state index in [1.54, 1.807) is 6.20 Å². The largest absolute Gasteiger partial charge is 0.368 e. The van der Waals surface area contributed by atoms with Gasteiger partial charge in [-0.1, -0.05) is 12.1 Å². The van der Waals surface area contributed by atoms with Gasteiger partial charge in [-0.05, 0) is 54.2 Å². The number of ether oxygens (including phenoxy) is 1. The number of hydrogen-bond acceptors (Lipinski definition) is 4. The highest BCUT2D eigenvalue weighted by atomic mass is 16.5. The molecule has 0 aliphatic carbocycles. The highest BCUT2D eigenvalue weighted by Crippen LogP contribution is 2.24. The molecule has 2 aliphatic heterocycles. The van der Waals surface area contributed by atoms with Crippen molar-refractivity contribution in [3.05, 3.63) is 59.4 Å². The topological polar surface area (TPSA) is 54.5 Å². The first-order chi connectivity index (χ1) is 12.3. The van der Waals surface area contributed by atoms with Crippen LogP contribution in [0, 0.1) is 0 Å². The Morgan fingerprint density at radius 2 is 2.28 bits per heavy atom. The zero-order chi connectivity index (χ0) is 17.1. The summed E-state index contributed by atoms with van der Waals surface area (Å²) < 4.78 is 5.46. The molecule has 1 unspecified atom stereocenters. The second-order valence-electron chi connectivity index (χ2n) is 6.80. The number of nitrogens with zero attached hydrogens (tertiary/aromatic N) is 2. The molecule has 1 aromatic heterocycles. The van der Waals surface area contributed by atoms with Crippen LogP contribution < -0.4 is 5.32 Å². The molecule has 1 atom stereocenters. The first kappa shape index (κ1) is 16.2. The normalized spacial score (nSPS) is 20.2. The van der Waals surface area contributed by atoms with Gasteiger partial charge < -0.3 is 10.1 Å². The van der Waals surface area contributed by atoms with E-state index < -0.39 is 0 Å². The molecule has 0 spiro atoms. The summed E-state index contributed by atoms with van der Waals surface area (Å²) in [6.07, 6.45) is 6.25. The number of benzene rings is 1. The number of aromatic nitrogens is 1. The summed E-state index contributed by atoms with van der Waals surface area (Å²) in [7, 11) is 0. The van der Waals surface area contributed by atoms with Gasteiger partial charge >= 0.3 is 0 Å². The molecule has 0 bridgehead atoms. The van der Waals surface area contributed by atoms with Crippen LogP contribution in [0.4, 0.5) is 5.69 Å². The summed E-state index contributed by atoms with van der Waals surface area (Å²) in [5, 5.41) is 3.01. The van der Waals surface area contributed by atoms with Crippen LogP contribution in [-0.4, -0.2) is 35.0 Å². The number of fused-ring (bicyclic) bond motifs is 1. The lowest BCUT2D eigenvalue weighted by atomic mass is 9.98. The zero-order valence-corrected chi connectivity index (χ0v) is 14.3. The monoisotopic (exact) mass is 337 g/mol. The summed E-state index contributed by atoms with van der Waals surface area (Å²) in [6, 6.07) is 10.3. The lowest BCUT2D eigenvalue weighted by Gasteiger charge is -2.29. The van der Waals surface area contributed by atoms with Crippen molar-refractivity contribution >= 4 is 11.6 Å². The molecule has 1 N–H and O–H groups in total. The Labute approximate surface area is 148 Å². The van der Waals surface area contributed by atoms with E-state index in [4.69, 9.17) is 4.74 Å². The Morgan fingerprint density at radius 3 is 3.08 bits per heavy atom. The number of amides is 1. The van der Waals surface area contributed by atoms with E-state index >= 15 is 0 Å². The van der Waals surface area contributed by atoms with E-state index in [0.717, 1.165) is 44.6 Å². The average Bonchev–Trinajstić information content (AvgIpc) is 3.17. The van der Waals surface area contributed by atoms with Gasteiger partial charge in [-0.3, -0.25) is 14.7 Å². The molecular formula is C20H23N3O2. The molecule has 5 heteroatoms. The van der Waals surface area contributed by atoms with Gasteiger partial charge in [0.1, 0.15) is 6.10 Å². The molecule has 1 amide bonds. The van der Waals surface area contributed by atoms with E-state index in [1.165, 1.54) is 16.7 Å². The molecule has 1 saturated heterocycles. The summed E-state index contributed by atoms with van der Waals surface area (Å²) >= 11 is 0. The first-order valence-electron chi connectivity index (χ1n) is 8.93. The van der Waals surface area contributed by atoms with Gasteiger partial charge in [-0.25, -0.2) is 0 Å². The standard InChI is InChI=1S/C20H23N3O2/c24-20(19-4-2-10-25-19)22-18-6-5-16-7-9-23(14-17(16)11-18)13-15-3-1-8-21-12-15/h1,3,5-6,8,11-12,19H,2,4,7,9-10,13-14H2,(H,22,24). The molecule has 2 aromatic rings. The second-order valence-corrected chi connectivity index (χ2v) is 6.80. The van der Waals surface area contributed by atoms with Gasteiger partial charge in [0.2, 0.25) is 0 Å². The van der Waals surface area contributed by atoms with E-state index in [9.17, 15) is 4.79 Å². The molecule has 130 valence electrons. The molecule has 1 fully saturated rings. The van der Waals surface area contributed by atoms with Crippen LogP contribution in [0.2, 0.25) is 0 Å². The van der Waals surface area contributed by atoms with Crippen LogP contribution in [0.25, 0.3) is 0 Å². The maximum Gasteiger partial charge on any atom is 0.253 e. The molecule has 25 heavy (non-hydrogen) atoms. The maximum absolute atomic E-state index is 12.2. The maximum atomic E-state index is 12.2. The van der Waals surface area contributed by atoms with Gasteiger partial charge in [0, 0.05) is 44.3 Å². The third-order valence-electron chi connectivity index (χ3n) is 4.92. The van der Waals surface area contributed by atoms with Gasteiger partial charge in [-0.2, -0.15) is 0 Å². The molecule has 5 nitrogen and oxygen atoms in total. The molecule has 4 rings (SSSR count). The van der Waals surface area contributed by atoms with Crippen molar-refractivity contribution in [2.45, 2.75) is 38.5 Å². The van der Waals surface area contributed by atoms with Crippen LogP contribution in [0.15, 0.2) is 42.7 Å². The zero-order valence-electron chi connectivity index (χ0n) is 14.3. The van der Waals surface area contributed by atoms with Crippen molar-refractivity contribution in [3.63, 3.8) is 0 Å². The van der Waals surface area contributed by atoms with Gasteiger partial charge in [0.25, 0.3) is 5.91 Å². The number of carbonyl (C=O) groups excluding carboxylic acids is 1. The number of anilines is 1. The number of nitrogens with one attached hydrogen (secondary N) is 1. The SMILES string of the molecule is O=C(Nc1ccc2c(c1)CN(Cc1cccnc1)CC2)C1CCCO1. The molecule has 1 aromatic carbocycles. The lowest BCUT2D eigenvalue weighted by Crippen LogP contribution is -2.30. The summed E-state index contributed by atoms with van der Waals surface area (Å²) in [6.45, 7) is 3.53. The van der Waals surface area contributed by atoms with Crippen LogP contribution >= 0.6 is 0 Å². The quantitative estimate of drug-likeness (QED) is 0.932. The molecule has 0 saturated carbocycles. The van der Waals surface area contributed by atoms with Crippen LogP contribution in [0.3, 0.4) is 0 Å². The fourth-order valence-corrected chi connectivity index (χ4v) is 3.59. The minimum absolute atomic E-state index is 0.0273. The number of pyridine rings is 1. The number of carbonyl (C=O) groups is 1. The molecule has 2 aliphatic rings. The molecule has 0 radical (unpaired) electrons. The summed E-state index contributed by atoms with van der Waals surface area (Å²) in [4.78, 5) is 18.8. The fraction of sp³-hybridized carbons (Fsp3) is 0.400. The number of rotatable bonds is 4. The van der Waals surface area contributed by atoms with Crippen molar-refractivity contribution in [3.8, 4) is 0 Å². The highest BCUT2D eigenvalue weighted by Gasteiger charge is 2.24. The lowest BCUT2D eigenvalue weighted by molar-refractivity contribution is -0.124. The third-order valence-corrected chi connectivity index (χ3v) is 4.92. The van der Waals surface area contributed by atoms with Crippen molar-refractivity contribution in [1.29, 1.82) is 0 Å². The Balaban J connectivity index is 1.43. The van der Waals surface area contributed by atoms with Crippen molar-refractivity contribution in [2.24, 2.45) is 0 Å². The first-order valence-corrected chi connectivity index (χ1v) is 8.93. The predicted molar refractivity (Wildman–Crippen MR) is 96.1 cm³/mol. The molecular weight excluding hydrogens is 314 g/mol. The fourth-order valence-electron chi connectivity index (χ4n) is 3.59. The van der Waals surface area contributed by atoms with Crippen LogP contribution in [0.5, 0.6) is 0 Å². The van der Waals surface area contributed by atoms with Crippen molar-refractivity contribution in [1.82, 2.24) is 9.88 Å². The van der Waals surface area contributed by atoms with E-state index in [0.29, 0.717) is 6.61 Å². The van der Waals surface area contributed by atoms with Crippen LogP contribution in [0.1, 0.15) is 29.5 Å². The van der Waals surface area contributed by atoms with E-state index in [2.05, 4.69) is 33.4 Å². The van der Waals surface area contributed by atoms with E-state index in [1.807, 2.05) is 18.3 Å². The third kappa shape index (κ3) is 3.89. The van der Waals surface area contributed by atoms with Gasteiger partial charge in [0.15, 0.2) is 0 Å². The molecule has 3 heterocycles.